The SMILES string of the molecule is O=C(NCc1ccncc1)c1cc(-n2cnnn2)ccc1Cl. The molecule has 2 heterocycles. The molecule has 1 aromatic carbocycles. The van der Waals surface area contributed by atoms with Crippen molar-refractivity contribution in [2.75, 3.05) is 0 Å². The van der Waals surface area contributed by atoms with Crippen molar-refractivity contribution >= 4 is 17.5 Å². The number of carbonyl (C=O) groups is 1. The number of hydrogen-bond donors (Lipinski definition) is 1. The highest BCUT2D eigenvalue weighted by molar-refractivity contribution is 6.33. The molecule has 0 radical (unpaired) electrons. The van der Waals surface area contributed by atoms with Gasteiger partial charge in [0.05, 0.1) is 16.3 Å². The Morgan fingerprint density at radius 1 is 1.23 bits per heavy atom. The molecule has 0 aliphatic heterocycles. The van der Waals surface area contributed by atoms with Crippen molar-refractivity contribution in [1.29, 1.82) is 0 Å². The molecule has 0 bridgehead atoms. The minimum Gasteiger partial charge on any atom is -0.348 e. The Labute approximate surface area is 130 Å². The molecule has 2 aromatic heterocycles. The second-order valence-electron chi connectivity index (χ2n) is 4.46. The second-order valence-corrected chi connectivity index (χ2v) is 4.86. The van der Waals surface area contributed by atoms with E-state index in [1.165, 1.54) is 11.0 Å². The van der Waals surface area contributed by atoms with Gasteiger partial charge in [0.15, 0.2) is 0 Å². The molecule has 7 nitrogen and oxygen atoms in total. The first-order chi connectivity index (χ1) is 10.7. The van der Waals surface area contributed by atoms with Crippen LogP contribution in [0.1, 0.15) is 15.9 Å². The molecule has 0 fully saturated rings. The standard InChI is InChI=1S/C14H11ClN6O/c15-13-2-1-11(21-9-18-19-20-21)7-12(13)14(22)17-8-10-3-5-16-6-4-10/h1-7,9H,8H2,(H,17,22). The van der Waals surface area contributed by atoms with Crippen molar-refractivity contribution in [3.8, 4) is 5.69 Å². The molecular weight excluding hydrogens is 304 g/mol. The number of nitrogens with one attached hydrogen (secondary N) is 1. The summed E-state index contributed by atoms with van der Waals surface area (Å²) in [6.07, 6.45) is 4.79. The van der Waals surface area contributed by atoms with Crippen LogP contribution in [-0.4, -0.2) is 31.1 Å². The lowest BCUT2D eigenvalue weighted by molar-refractivity contribution is 0.0951. The molecule has 0 aliphatic rings. The maximum absolute atomic E-state index is 12.3. The average molecular weight is 315 g/mol. The van der Waals surface area contributed by atoms with E-state index in [4.69, 9.17) is 11.6 Å². The fourth-order valence-electron chi connectivity index (χ4n) is 1.89. The quantitative estimate of drug-likeness (QED) is 0.791. The van der Waals surface area contributed by atoms with Gasteiger partial charge in [0.2, 0.25) is 0 Å². The van der Waals surface area contributed by atoms with E-state index >= 15 is 0 Å². The molecule has 0 spiro atoms. The summed E-state index contributed by atoms with van der Waals surface area (Å²) in [6.45, 7) is 0.396. The first-order valence-electron chi connectivity index (χ1n) is 6.44. The Morgan fingerprint density at radius 3 is 2.77 bits per heavy atom. The van der Waals surface area contributed by atoms with E-state index in [0.29, 0.717) is 22.8 Å². The van der Waals surface area contributed by atoms with Crippen LogP contribution < -0.4 is 5.32 Å². The summed E-state index contributed by atoms with van der Waals surface area (Å²) in [6, 6.07) is 8.68. The van der Waals surface area contributed by atoms with Gasteiger partial charge in [0, 0.05) is 18.9 Å². The number of pyridine rings is 1. The molecule has 1 N–H and O–H groups in total. The largest absolute Gasteiger partial charge is 0.348 e. The Hall–Kier alpha value is -2.80. The molecule has 3 rings (SSSR count). The number of halogens is 1. The molecule has 22 heavy (non-hydrogen) atoms. The summed E-state index contributed by atoms with van der Waals surface area (Å²) in [7, 11) is 0. The van der Waals surface area contributed by atoms with Gasteiger partial charge in [-0.25, -0.2) is 4.68 Å². The maximum atomic E-state index is 12.3. The van der Waals surface area contributed by atoms with Gasteiger partial charge >= 0.3 is 0 Å². The van der Waals surface area contributed by atoms with E-state index in [0.717, 1.165) is 5.56 Å². The number of rotatable bonds is 4. The molecule has 8 heteroatoms. The van der Waals surface area contributed by atoms with Crippen LogP contribution in [-0.2, 0) is 6.54 Å². The summed E-state index contributed by atoms with van der Waals surface area (Å²) < 4.78 is 1.45. The highest BCUT2D eigenvalue weighted by atomic mass is 35.5. The van der Waals surface area contributed by atoms with E-state index in [9.17, 15) is 4.79 Å². The molecule has 0 aliphatic carbocycles. The van der Waals surface area contributed by atoms with Crippen molar-refractivity contribution in [2.45, 2.75) is 6.54 Å². The topological polar surface area (TPSA) is 85.6 Å². The maximum Gasteiger partial charge on any atom is 0.253 e. The summed E-state index contributed by atoms with van der Waals surface area (Å²) in [5.74, 6) is -0.267. The average Bonchev–Trinajstić information content (AvgIpc) is 3.08. The summed E-state index contributed by atoms with van der Waals surface area (Å²) in [4.78, 5) is 16.2. The number of aromatic nitrogens is 5. The lowest BCUT2D eigenvalue weighted by Gasteiger charge is -2.08. The van der Waals surface area contributed by atoms with E-state index < -0.39 is 0 Å². The van der Waals surface area contributed by atoms with Crippen molar-refractivity contribution in [3.63, 3.8) is 0 Å². The molecule has 110 valence electrons. The van der Waals surface area contributed by atoms with E-state index in [1.807, 2.05) is 12.1 Å². The van der Waals surface area contributed by atoms with Crippen LogP contribution in [0.15, 0.2) is 49.1 Å². The van der Waals surface area contributed by atoms with Gasteiger partial charge in [-0.1, -0.05) is 11.6 Å². The first-order valence-corrected chi connectivity index (χ1v) is 6.82. The fraction of sp³-hybridized carbons (Fsp3) is 0.0714. The normalized spacial score (nSPS) is 10.4. The minimum atomic E-state index is -0.267. The molecule has 0 saturated heterocycles. The number of nitrogens with zero attached hydrogens (tertiary/aromatic N) is 5. The van der Waals surface area contributed by atoms with Crippen LogP contribution in [0, 0.1) is 0 Å². The monoisotopic (exact) mass is 314 g/mol. The summed E-state index contributed by atoms with van der Waals surface area (Å²) in [5.41, 5.74) is 1.98. The molecule has 0 unspecified atom stereocenters. The van der Waals surface area contributed by atoms with Gasteiger partial charge in [-0.2, -0.15) is 0 Å². The molecule has 1 amide bonds. The van der Waals surface area contributed by atoms with Gasteiger partial charge in [-0.3, -0.25) is 9.78 Å². The van der Waals surface area contributed by atoms with Crippen molar-refractivity contribution in [2.24, 2.45) is 0 Å². The highest BCUT2D eigenvalue weighted by Gasteiger charge is 2.12. The lowest BCUT2D eigenvalue weighted by Crippen LogP contribution is -2.23. The van der Waals surface area contributed by atoms with Gasteiger partial charge in [-0.15, -0.1) is 5.10 Å². The summed E-state index contributed by atoms with van der Waals surface area (Å²) >= 11 is 6.10. The Balaban J connectivity index is 1.78. The Morgan fingerprint density at radius 2 is 2.05 bits per heavy atom. The number of carbonyl (C=O) groups excluding carboxylic acids is 1. The lowest BCUT2D eigenvalue weighted by atomic mass is 10.1. The summed E-state index contributed by atoms with van der Waals surface area (Å²) in [5, 5.41) is 14.1. The van der Waals surface area contributed by atoms with Gasteiger partial charge in [0.25, 0.3) is 5.91 Å². The van der Waals surface area contributed by atoms with E-state index in [2.05, 4.69) is 25.8 Å². The van der Waals surface area contributed by atoms with Crippen LogP contribution in [0.2, 0.25) is 5.02 Å². The minimum absolute atomic E-state index is 0.267. The van der Waals surface area contributed by atoms with Crippen LogP contribution in [0.5, 0.6) is 0 Å². The Bertz CT molecular complexity index is 775. The van der Waals surface area contributed by atoms with Crippen molar-refractivity contribution in [1.82, 2.24) is 30.5 Å². The van der Waals surface area contributed by atoms with Crippen LogP contribution in [0.25, 0.3) is 5.69 Å². The predicted molar refractivity (Wildman–Crippen MR) is 79.6 cm³/mol. The van der Waals surface area contributed by atoms with E-state index in [1.54, 1.807) is 30.6 Å². The number of benzene rings is 1. The third kappa shape index (κ3) is 3.09. The predicted octanol–water partition coefficient (Wildman–Crippen LogP) is 1.64. The zero-order chi connectivity index (χ0) is 15.4. The number of tetrazole rings is 1. The molecule has 0 saturated carbocycles. The number of amides is 1. The third-order valence-corrected chi connectivity index (χ3v) is 3.34. The van der Waals surface area contributed by atoms with Crippen LogP contribution >= 0.6 is 11.6 Å². The van der Waals surface area contributed by atoms with Crippen LogP contribution in [0.4, 0.5) is 0 Å². The third-order valence-electron chi connectivity index (χ3n) is 3.01. The second kappa shape index (κ2) is 6.31. The molecule has 0 atom stereocenters. The zero-order valence-corrected chi connectivity index (χ0v) is 12.1. The smallest absolute Gasteiger partial charge is 0.253 e. The first kappa shape index (κ1) is 14.2. The molecule has 3 aromatic rings. The number of hydrogen-bond acceptors (Lipinski definition) is 5. The van der Waals surface area contributed by atoms with Crippen molar-refractivity contribution < 1.29 is 4.79 Å². The molecular formula is C14H11ClN6O. The van der Waals surface area contributed by atoms with Crippen molar-refractivity contribution in [3.05, 3.63) is 65.2 Å². The Kier molecular flexibility index (Phi) is 4.06. The van der Waals surface area contributed by atoms with Gasteiger partial charge in [0.1, 0.15) is 6.33 Å². The van der Waals surface area contributed by atoms with Gasteiger partial charge in [-0.05, 0) is 46.3 Å². The zero-order valence-electron chi connectivity index (χ0n) is 11.3. The van der Waals surface area contributed by atoms with Gasteiger partial charge < -0.3 is 5.32 Å². The highest BCUT2D eigenvalue weighted by Crippen LogP contribution is 2.19. The fourth-order valence-corrected chi connectivity index (χ4v) is 2.09. The van der Waals surface area contributed by atoms with E-state index in [-0.39, 0.29) is 5.91 Å². The van der Waals surface area contributed by atoms with Crippen LogP contribution in [0.3, 0.4) is 0 Å².